The van der Waals surface area contributed by atoms with E-state index in [1.165, 1.54) is 10.5 Å². The van der Waals surface area contributed by atoms with Crippen LogP contribution in [0.3, 0.4) is 0 Å². The fourth-order valence-corrected chi connectivity index (χ4v) is 3.64. The molecule has 3 heterocycles. The lowest BCUT2D eigenvalue weighted by Crippen LogP contribution is -2.46. The molecule has 2 saturated heterocycles. The number of aromatic nitrogens is 2. The summed E-state index contributed by atoms with van der Waals surface area (Å²) < 4.78 is 5.43. The van der Waals surface area contributed by atoms with Crippen molar-refractivity contribution in [3.63, 3.8) is 0 Å². The van der Waals surface area contributed by atoms with Crippen molar-refractivity contribution in [2.24, 2.45) is 0 Å². The van der Waals surface area contributed by atoms with E-state index in [1.807, 2.05) is 31.2 Å². The molecule has 4 rings (SSSR count). The largest absolute Gasteiger partial charge is 0.338 e. The van der Waals surface area contributed by atoms with Crippen molar-refractivity contribution in [2.75, 3.05) is 45.8 Å². The molecule has 2 aliphatic rings. The highest BCUT2D eigenvalue weighted by Crippen LogP contribution is 2.17. The van der Waals surface area contributed by atoms with E-state index in [-0.39, 0.29) is 18.5 Å². The van der Waals surface area contributed by atoms with Crippen LogP contribution in [-0.2, 0) is 11.3 Å². The van der Waals surface area contributed by atoms with E-state index in [0.29, 0.717) is 24.8 Å². The lowest BCUT2D eigenvalue weighted by Gasteiger charge is -2.34. The molecule has 9 heteroatoms. The summed E-state index contributed by atoms with van der Waals surface area (Å²) in [6.07, 6.45) is 0.794. The first-order valence-electron chi connectivity index (χ1n) is 10.0. The third-order valence-corrected chi connectivity index (χ3v) is 5.39. The molecule has 0 spiro atoms. The summed E-state index contributed by atoms with van der Waals surface area (Å²) >= 11 is 0. The molecular weight excluding hydrogens is 372 g/mol. The number of amides is 3. The Bertz CT molecular complexity index is 841. The molecule has 29 heavy (non-hydrogen) atoms. The van der Waals surface area contributed by atoms with Crippen molar-refractivity contribution in [2.45, 2.75) is 19.9 Å². The van der Waals surface area contributed by atoms with Crippen molar-refractivity contribution in [3.05, 3.63) is 35.7 Å². The molecule has 1 aromatic heterocycles. The van der Waals surface area contributed by atoms with Crippen LogP contribution in [0.5, 0.6) is 0 Å². The third-order valence-electron chi connectivity index (χ3n) is 5.39. The number of hydrogen-bond acceptors (Lipinski definition) is 7. The highest BCUT2D eigenvalue weighted by atomic mass is 16.5. The first-order chi connectivity index (χ1) is 14.1. The zero-order valence-electron chi connectivity index (χ0n) is 16.6. The summed E-state index contributed by atoms with van der Waals surface area (Å²) in [7, 11) is 0. The van der Waals surface area contributed by atoms with Crippen molar-refractivity contribution >= 4 is 11.9 Å². The van der Waals surface area contributed by atoms with Gasteiger partial charge in [0.25, 0.3) is 0 Å². The fraction of sp³-hybridized carbons (Fsp3) is 0.500. The summed E-state index contributed by atoms with van der Waals surface area (Å²) in [5.74, 6) is 1.12. The molecule has 0 saturated carbocycles. The van der Waals surface area contributed by atoms with Crippen LogP contribution in [0.15, 0.2) is 28.8 Å². The molecule has 0 unspecified atom stereocenters. The zero-order chi connectivity index (χ0) is 20.2. The lowest BCUT2D eigenvalue weighted by atomic mass is 10.1. The van der Waals surface area contributed by atoms with Gasteiger partial charge in [-0.3, -0.25) is 14.6 Å². The van der Waals surface area contributed by atoms with E-state index in [9.17, 15) is 9.59 Å². The van der Waals surface area contributed by atoms with Gasteiger partial charge in [-0.05, 0) is 19.9 Å². The number of rotatable bonds is 7. The van der Waals surface area contributed by atoms with Gasteiger partial charge >= 0.3 is 6.03 Å². The van der Waals surface area contributed by atoms with Crippen LogP contribution in [-0.4, -0.2) is 82.6 Å². The number of hydrogen-bond donors (Lipinski definition) is 1. The minimum absolute atomic E-state index is 0.124. The van der Waals surface area contributed by atoms with Crippen molar-refractivity contribution in [1.29, 1.82) is 0 Å². The second-order valence-corrected chi connectivity index (χ2v) is 7.55. The Morgan fingerprint density at radius 3 is 2.45 bits per heavy atom. The molecule has 0 atom stereocenters. The Kier molecular flexibility index (Phi) is 5.86. The van der Waals surface area contributed by atoms with Gasteiger partial charge in [-0.1, -0.05) is 35.0 Å². The summed E-state index contributed by atoms with van der Waals surface area (Å²) in [6.45, 7) is 7.91. The first kappa shape index (κ1) is 19.5. The molecule has 2 aliphatic heterocycles. The third kappa shape index (κ3) is 4.80. The summed E-state index contributed by atoms with van der Waals surface area (Å²) in [4.78, 5) is 33.6. The fourth-order valence-electron chi connectivity index (χ4n) is 3.64. The van der Waals surface area contributed by atoms with E-state index in [2.05, 4.69) is 25.3 Å². The van der Waals surface area contributed by atoms with Crippen LogP contribution in [0.1, 0.15) is 17.9 Å². The number of urea groups is 1. The normalized spacial score (nSPS) is 18.4. The molecular formula is C20H26N6O3. The zero-order valence-corrected chi connectivity index (χ0v) is 16.6. The number of aryl methyl sites for hydroxylation is 1. The van der Waals surface area contributed by atoms with Gasteiger partial charge in [-0.15, -0.1) is 0 Å². The highest BCUT2D eigenvalue weighted by Gasteiger charge is 2.28. The van der Waals surface area contributed by atoms with Gasteiger partial charge in [-0.25, -0.2) is 4.79 Å². The maximum Gasteiger partial charge on any atom is 0.324 e. The van der Waals surface area contributed by atoms with E-state index < -0.39 is 0 Å². The molecule has 2 aromatic rings. The Morgan fingerprint density at radius 1 is 1.03 bits per heavy atom. The Hall–Kier alpha value is -2.78. The van der Waals surface area contributed by atoms with Gasteiger partial charge in [0.1, 0.15) is 0 Å². The van der Waals surface area contributed by atoms with Crippen molar-refractivity contribution in [1.82, 2.24) is 30.2 Å². The average molecular weight is 398 g/mol. The highest BCUT2D eigenvalue weighted by molar-refractivity contribution is 6.01. The van der Waals surface area contributed by atoms with E-state index >= 15 is 0 Å². The topological polar surface area (TPSA) is 94.8 Å². The average Bonchev–Trinajstić information content (AvgIpc) is 3.31. The number of carbonyl (C=O) groups excluding carboxylic acids is 2. The standard InChI is InChI=1S/C20H26N6O3/c1-15-3-5-16(6-4-15)19-22-17(29-23-19)14-25-11-9-24(10-12-25)7-2-8-26-18(27)13-21-20(26)28/h3-6H,2,7-14H2,1H3,(H,21,28). The minimum atomic E-state index is -0.274. The van der Waals surface area contributed by atoms with E-state index in [1.54, 1.807) is 0 Å². The number of nitrogens with one attached hydrogen (secondary N) is 1. The Balaban J connectivity index is 1.20. The number of piperazine rings is 1. The molecule has 9 nitrogen and oxygen atoms in total. The predicted molar refractivity (Wildman–Crippen MR) is 106 cm³/mol. The van der Waals surface area contributed by atoms with E-state index in [4.69, 9.17) is 4.52 Å². The molecule has 2 fully saturated rings. The minimum Gasteiger partial charge on any atom is -0.338 e. The van der Waals surface area contributed by atoms with Gasteiger partial charge in [0, 0.05) is 38.3 Å². The van der Waals surface area contributed by atoms with Crippen LogP contribution in [0.25, 0.3) is 11.4 Å². The van der Waals surface area contributed by atoms with Gasteiger partial charge < -0.3 is 14.7 Å². The molecule has 0 radical (unpaired) electrons. The second kappa shape index (κ2) is 8.71. The van der Waals surface area contributed by atoms with Crippen LogP contribution < -0.4 is 5.32 Å². The van der Waals surface area contributed by atoms with Gasteiger partial charge in [0.2, 0.25) is 17.6 Å². The van der Waals surface area contributed by atoms with Crippen molar-refractivity contribution < 1.29 is 14.1 Å². The molecule has 1 aromatic carbocycles. The van der Waals surface area contributed by atoms with Gasteiger partial charge in [-0.2, -0.15) is 4.98 Å². The number of nitrogens with zero attached hydrogens (tertiary/aromatic N) is 5. The molecule has 3 amide bonds. The monoisotopic (exact) mass is 398 g/mol. The number of benzene rings is 1. The van der Waals surface area contributed by atoms with Crippen LogP contribution in [0.4, 0.5) is 4.79 Å². The summed E-state index contributed by atoms with van der Waals surface area (Å²) in [5, 5.41) is 6.65. The predicted octanol–water partition coefficient (Wildman–Crippen LogP) is 1.10. The smallest absolute Gasteiger partial charge is 0.324 e. The Morgan fingerprint density at radius 2 is 1.76 bits per heavy atom. The SMILES string of the molecule is Cc1ccc(-c2noc(CN3CCN(CCCN4C(=O)CNC4=O)CC3)n2)cc1. The quantitative estimate of drug-likeness (QED) is 0.698. The number of imide groups is 1. The summed E-state index contributed by atoms with van der Waals surface area (Å²) in [5.41, 5.74) is 2.16. The van der Waals surface area contributed by atoms with E-state index in [0.717, 1.165) is 44.7 Å². The molecule has 1 N–H and O–H groups in total. The maximum absolute atomic E-state index is 11.6. The second-order valence-electron chi connectivity index (χ2n) is 7.55. The molecule has 0 bridgehead atoms. The van der Waals surface area contributed by atoms with Gasteiger partial charge in [0.05, 0.1) is 13.1 Å². The lowest BCUT2D eigenvalue weighted by molar-refractivity contribution is -0.125. The summed E-state index contributed by atoms with van der Waals surface area (Å²) in [6, 6.07) is 7.81. The van der Waals surface area contributed by atoms with Gasteiger partial charge in [0.15, 0.2) is 0 Å². The van der Waals surface area contributed by atoms with Crippen LogP contribution in [0.2, 0.25) is 0 Å². The van der Waals surface area contributed by atoms with Crippen LogP contribution >= 0.6 is 0 Å². The molecule has 154 valence electrons. The first-order valence-corrected chi connectivity index (χ1v) is 10.0. The molecule has 0 aliphatic carbocycles. The Labute approximate surface area is 169 Å². The van der Waals surface area contributed by atoms with Crippen molar-refractivity contribution in [3.8, 4) is 11.4 Å². The number of carbonyl (C=O) groups is 2. The maximum atomic E-state index is 11.6. The van der Waals surface area contributed by atoms with Crippen LogP contribution in [0, 0.1) is 6.92 Å².